The standard InChI is InChI=1S/C24H20N.BrH/c1-5-13-21(14-6-1)24(22-15-7-2-8-16-22,23-17-9-3-10-18-23)25-19-11-4-12-20-25;/h1-20H;1H/q+1;/p-1. The first-order valence-electron chi connectivity index (χ1n) is 8.56. The summed E-state index contributed by atoms with van der Waals surface area (Å²) in [4.78, 5) is 0. The SMILES string of the molecule is [Br-].c1ccc(C(c2ccccc2)(c2ccccc2)[n+]2ccccc2)cc1. The number of nitrogens with zero attached hydrogens (tertiary/aromatic N) is 1. The first kappa shape index (κ1) is 18.1. The molecule has 1 aromatic heterocycles. The van der Waals surface area contributed by atoms with Crippen molar-refractivity contribution < 1.29 is 21.5 Å². The van der Waals surface area contributed by atoms with Crippen molar-refractivity contribution in [3.8, 4) is 0 Å². The molecule has 0 aliphatic heterocycles. The number of pyridine rings is 1. The van der Waals surface area contributed by atoms with Crippen LogP contribution in [0.3, 0.4) is 0 Å². The normalized spacial score (nSPS) is 10.8. The molecule has 0 amide bonds. The maximum Gasteiger partial charge on any atom is 0.243 e. The van der Waals surface area contributed by atoms with Crippen LogP contribution in [0.5, 0.6) is 0 Å². The quantitative estimate of drug-likeness (QED) is 0.362. The molecule has 3 aromatic carbocycles. The summed E-state index contributed by atoms with van der Waals surface area (Å²) in [5.74, 6) is 0. The highest BCUT2D eigenvalue weighted by atomic mass is 79.9. The van der Waals surface area contributed by atoms with Crippen LogP contribution in [0, 0.1) is 0 Å². The molecular formula is C24H20BrN. The van der Waals surface area contributed by atoms with Crippen molar-refractivity contribution in [2.24, 2.45) is 0 Å². The van der Waals surface area contributed by atoms with E-state index in [1.165, 1.54) is 16.7 Å². The number of aromatic nitrogens is 1. The fourth-order valence-electron chi connectivity index (χ4n) is 3.61. The van der Waals surface area contributed by atoms with E-state index < -0.39 is 5.54 Å². The number of halogens is 1. The fraction of sp³-hybridized carbons (Fsp3) is 0.0417. The van der Waals surface area contributed by atoms with Gasteiger partial charge in [0.05, 0.1) is 0 Å². The van der Waals surface area contributed by atoms with Crippen LogP contribution in [0.2, 0.25) is 0 Å². The smallest absolute Gasteiger partial charge is 0.243 e. The Labute approximate surface area is 165 Å². The van der Waals surface area contributed by atoms with Crippen molar-refractivity contribution in [2.75, 3.05) is 0 Å². The molecule has 0 aliphatic rings. The molecule has 0 aliphatic carbocycles. The third kappa shape index (κ3) is 3.09. The van der Waals surface area contributed by atoms with E-state index >= 15 is 0 Å². The molecule has 0 unspecified atom stereocenters. The Bertz CT molecular complexity index is 759. The molecule has 128 valence electrons. The largest absolute Gasteiger partial charge is 1.00 e. The Morgan fingerprint density at radius 1 is 0.423 bits per heavy atom. The summed E-state index contributed by atoms with van der Waals surface area (Å²) in [6.45, 7) is 0. The van der Waals surface area contributed by atoms with E-state index in [4.69, 9.17) is 0 Å². The molecule has 1 heterocycles. The van der Waals surface area contributed by atoms with Gasteiger partial charge in [-0.3, -0.25) is 0 Å². The summed E-state index contributed by atoms with van der Waals surface area (Å²) in [6.07, 6.45) is 4.29. The molecule has 0 spiro atoms. The molecule has 0 radical (unpaired) electrons. The van der Waals surface area contributed by atoms with Crippen LogP contribution in [0.4, 0.5) is 0 Å². The predicted octanol–water partition coefficient (Wildman–Crippen LogP) is 1.82. The summed E-state index contributed by atoms with van der Waals surface area (Å²) in [7, 11) is 0. The highest BCUT2D eigenvalue weighted by Gasteiger charge is 2.45. The average Bonchev–Trinajstić information content (AvgIpc) is 2.72. The van der Waals surface area contributed by atoms with Crippen LogP contribution < -0.4 is 21.5 Å². The zero-order chi connectivity index (χ0) is 17.0. The lowest BCUT2D eigenvalue weighted by atomic mass is 9.76. The van der Waals surface area contributed by atoms with Crippen LogP contribution in [-0.4, -0.2) is 0 Å². The Kier molecular flexibility index (Phi) is 5.65. The minimum absolute atomic E-state index is 0. The van der Waals surface area contributed by atoms with Crippen LogP contribution in [-0.2, 0) is 5.54 Å². The summed E-state index contributed by atoms with van der Waals surface area (Å²) in [6, 6.07) is 38.4. The lowest BCUT2D eigenvalue weighted by molar-refractivity contribution is -0.734. The molecule has 0 saturated carbocycles. The van der Waals surface area contributed by atoms with E-state index in [1.807, 2.05) is 0 Å². The fourth-order valence-corrected chi connectivity index (χ4v) is 3.61. The minimum atomic E-state index is -0.412. The average molecular weight is 402 g/mol. The Morgan fingerprint density at radius 3 is 1.08 bits per heavy atom. The van der Waals surface area contributed by atoms with E-state index in [9.17, 15) is 0 Å². The molecule has 4 aromatic rings. The molecule has 4 rings (SSSR count). The summed E-state index contributed by atoms with van der Waals surface area (Å²) >= 11 is 0. The Hall–Kier alpha value is -2.71. The zero-order valence-electron chi connectivity index (χ0n) is 14.4. The van der Waals surface area contributed by atoms with Gasteiger partial charge in [0.15, 0.2) is 12.4 Å². The third-order valence-electron chi connectivity index (χ3n) is 4.68. The topological polar surface area (TPSA) is 3.88 Å². The zero-order valence-corrected chi connectivity index (χ0v) is 16.0. The van der Waals surface area contributed by atoms with E-state index in [1.54, 1.807) is 0 Å². The highest BCUT2D eigenvalue weighted by molar-refractivity contribution is 5.46. The van der Waals surface area contributed by atoms with E-state index in [2.05, 4.69) is 126 Å². The predicted molar refractivity (Wildman–Crippen MR) is 101 cm³/mol. The number of hydrogen-bond acceptors (Lipinski definition) is 0. The second-order valence-electron chi connectivity index (χ2n) is 6.09. The molecule has 0 bridgehead atoms. The lowest BCUT2D eigenvalue weighted by Gasteiger charge is -2.30. The minimum Gasteiger partial charge on any atom is -1.00 e. The molecule has 0 atom stereocenters. The van der Waals surface area contributed by atoms with E-state index in [0.717, 1.165) is 0 Å². The Morgan fingerprint density at radius 2 is 0.731 bits per heavy atom. The monoisotopic (exact) mass is 401 g/mol. The van der Waals surface area contributed by atoms with Crippen molar-refractivity contribution >= 4 is 0 Å². The molecular weight excluding hydrogens is 382 g/mol. The maximum atomic E-state index is 2.30. The summed E-state index contributed by atoms with van der Waals surface area (Å²) in [5.41, 5.74) is 3.31. The Balaban J connectivity index is 0.00000196. The second kappa shape index (κ2) is 8.11. The lowest BCUT2D eigenvalue weighted by Crippen LogP contribution is -3.00. The van der Waals surface area contributed by atoms with Crippen molar-refractivity contribution in [1.29, 1.82) is 0 Å². The van der Waals surface area contributed by atoms with Gasteiger partial charge in [0.1, 0.15) is 0 Å². The second-order valence-corrected chi connectivity index (χ2v) is 6.09. The molecule has 0 saturated heterocycles. The number of hydrogen-bond donors (Lipinski definition) is 0. The molecule has 1 nitrogen and oxygen atoms in total. The molecule has 0 fully saturated rings. The van der Waals surface area contributed by atoms with Gasteiger partial charge in [0.25, 0.3) is 0 Å². The first-order valence-corrected chi connectivity index (χ1v) is 8.56. The van der Waals surface area contributed by atoms with E-state index in [0.29, 0.717) is 0 Å². The highest BCUT2D eigenvalue weighted by Crippen LogP contribution is 2.35. The van der Waals surface area contributed by atoms with Gasteiger partial charge in [0.2, 0.25) is 5.54 Å². The van der Waals surface area contributed by atoms with Gasteiger partial charge in [-0.05, 0) is 0 Å². The van der Waals surface area contributed by atoms with Crippen molar-refractivity contribution in [2.45, 2.75) is 5.54 Å². The molecule has 26 heavy (non-hydrogen) atoms. The number of rotatable bonds is 4. The first-order chi connectivity index (χ1) is 12.4. The van der Waals surface area contributed by atoms with Crippen LogP contribution in [0.25, 0.3) is 0 Å². The third-order valence-corrected chi connectivity index (χ3v) is 4.68. The van der Waals surface area contributed by atoms with Crippen molar-refractivity contribution in [1.82, 2.24) is 0 Å². The van der Waals surface area contributed by atoms with Crippen LogP contribution in [0.1, 0.15) is 16.7 Å². The van der Waals surface area contributed by atoms with Crippen molar-refractivity contribution in [3.05, 3.63) is 138 Å². The van der Waals surface area contributed by atoms with Gasteiger partial charge in [-0.2, -0.15) is 4.57 Å². The van der Waals surface area contributed by atoms with Gasteiger partial charge in [0, 0.05) is 28.8 Å². The maximum absolute atomic E-state index is 2.30. The van der Waals surface area contributed by atoms with Gasteiger partial charge >= 0.3 is 0 Å². The van der Waals surface area contributed by atoms with Gasteiger partial charge in [-0.25, -0.2) is 0 Å². The van der Waals surface area contributed by atoms with Crippen molar-refractivity contribution in [3.63, 3.8) is 0 Å². The molecule has 0 N–H and O–H groups in total. The van der Waals surface area contributed by atoms with Gasteiger partial charge in [-0.15, -0.1) is 0 Å². The van der Waals surface area contributed by atoms with Crippen LogP contribution >= 0.6 is 0 Å². The summed E-state index contributed by atoms with van der Waals surface area (Å²) in [5, 5.41) is 0. The summed E-state index contributed by atoms with van der Waals surface area (Å²) < 4.78 is 2.30. The molecule has 2 heteroatoms. The van der Waals surface area contributed by atoms with Gasteiger partial charge in [-0.1, -0.05) is 97.1 Å². The van der Waals surface area contributed by atoms with E-state index in [-0.39, 0.29) is 17.0 Å². The number of benzene rings is 3. The van der Waals surface area contributed by atoms with Gasteiger partial charge < -0.3 is 17.0 Å². The van der Waals surface area contributed by atoms with Crippen LogP contribution in [0.15, 0.2) is 122 Å².